The zero-order valence-corrected chi connectivity index (χ0v) is 9.74. The highest BCUT2D eigenvalue weighted by molar-refractivity contribution is 4.92. The molecule has 0 aliphatic carbocycles. The van der Waals surface area contributed by atoms with Gasteiger partial charge in [0.2, 0.25) is 0 Å². The summed E-state index contributed by atoms with van der Waals surface area (Å²) in [6.45, 7) is 4.40. The van der Waals surface area contributed by atoms with Gasteiger partial charge in [0.15, 0.2) is 6.29 Å². The highest BCUT2D eigenvalue weighted by Crippen LogP contribution is 2.26. The molecule has 0 spiro atoms. The van der Waals surface area contributed by atoms with Crippen LogP contribution in [0.15, 0.2) is 0 Å². The summed E-state index contributed by atoms with van der Waals surface area (Å²) in [6, 6.07) is 0.701. The predicted molar refractivity (Wildman–Crippen MR) is 58.8 cm³/mol. The monoisotopic (exact) mass is 214 g/mol. The summed E-state index contributed by atoms with van der Waals surface area (Å²) >= 11 is 0. The maximum Gasteiger partial charge on any atom is 0.169 e. The molecular formula is C11H22N2O2. The number of methoxy groups -OCH3 is 2. The van der Waals surface area contributed by atoms with E-state index in [1.54, 1.807) is 14.2 Å². The Hall–Kier alpha value is -0.160. The van der Waals surface area contributed by atoms with Crippen LogP contribution in [-0.2, 0) is 9.47 Å². The van der Waals surface area contributed by atoms with E-state index in [1.165, 1.54) is 25.9 Å². The summed E-state index contributed by atoms with van der Waals surface area (Å²) in [5, 5.41) is 3.48. The lowest BCUT2D eigenvalue weighted by molar-refractivity contribution is -0.124. The molecule has 2 unspecified atom stereocenters. The third kappa shape index (κ3) is 2.50. The van der Waals surface area contributed by atoms with Gasteiger partial charge in [0.1, 0.15) is 0 Å². The average molecular weight is 214 g/mol. The number of hydrogen-bond acceptors (Lipinski definition) is 4. The lowest BCUT2D eigenvalue weighted by Gasteiger charge is -2.38. The van der Waals surface area contributed by atoms with Crippen LogP contribution >= 0.6 is 0 Å². The predicted octanol–water partition coefficient (Wildman–Crippen LogP) is 0.289. The third-order valence-corrected chi connectivity index (χ3v) is 3.70. The molecule has 2 fully saturated rings. The van der Waals surface area contributed by atoms with Crippen molar-refractivity contribution in [3.8, 4) is 0 Å². The van der Waals surface area contributed by atoms with Gasteiger partial charge in [0, 0.05) is 33.4 Å². The quantitative estimate of drug-likeness (QED) is 0.682. The van der Waals surface area contributed by atoms with Gasteiger partial charge in [-0.3, -0.25) is 4.90 Å². The minimum Gasteiger partial charge on any atom is -0.355 e. The van der Waals surface area contributed by atoms with Crippen LogP contribution in [0.25, 0.3) is 0 Å². The topological polar surface area (TPSA) is 33.7 Å². The lowest BCUT2D eigenvalue weighted by Crippen LogP contribution is -2.48. The number of hydrogen-bond donors (Lipinski definition) is 1. The molecule has 0 aromatic rings. The second-order valence-corrected chi connectivity index (χ2v) is 4.52. The van der Waals surface area contributed by atoms with E-state index >= 15 is 0 Å². The van der Waals surface area contributed by atoms with E-state index in [2.05, 4.69) is 10.2 Å². The van der Waals surface area contributed by atoms with Crippen LogP contribution in [0.5, 0.6) is 0 Å². The largest absolute Gasteiger partial charge is 0.355 e. The Balaban J connectivity index is 1.89. The fourth-order valence-electron chi connectivity index (χ4n) is 2.83. The minimum absolute atomic E-state index is 0.0793. The van der Waals surface area contributed by atoms with Crippen molar-refractivity contribution in [2.24, 2.45) is 5.92 Å². The van der Waals surface area contributed by atoms with E-state index < -0.39 is 0 Å². The molecule has 4 heteroatoms. The summed E-state index contributed by atoms with van der Waals surface area (Å²) in [6.07, 6.45) is 2.60. The van der Waals surface area contributed by atoms with Gasteiger partial charge in [-0.15, -0.1) is 0 Å². The first-order chi connectivity index (χ1) is 7.35. The van der Waals surface area contributed by atoms with Crippen LogP contribution in [0, 0.1) is 5.92 Å². The number of rotatable bonds is 4. The van der Waals surface area contributed by atoms with Crippen LogP contribution in [0.1, 0.15) is 12.8 Å². The second kappa shape index (κ2) is 5.25. The molecule has 0 radical (unpaired) electrons. The lowest BCUT2D eigenvalue weighted by atomic mass is 9.92. The summed E-state index contributed by atoms with van der Waals surface area (Å²) < 4.78 is 10.5. The molecule has 0 saturated carbocycles. The Bertz CT molecular complexity index is 197. The van der Waals surface area contributed by atoms with Crippen LogP contribution in [0.4, 0.5) is 0 Å². The molecule has 2 aliphatic rings. The highest BCUT2D eigenvalue weighted by Gasteiger charge is 2.35. The maximum atomic E-state index is 5.27. The van der Waals surface area contributed by atoms with Crippen molar-refractivity contribution in [3.05, 3.63) is 0 Å². The molecule has 2 saturated heterocycles. The molecule has 0 aromatic heterocycles. The number of ether oxygens (including phenoxy) is 2. The number of piperidine rings is 1. The second-order valence-electron chi connectivity index (χ2n) is 4.52. The third-order valence-electron chi connectivity index (χ3n) is 3.70. The van der Waals surface area contributed by atoms with Crippen molar-refractivity contribution >= 4 is 0 Å². The Morgan fingerprint density at radius 3 is 2.87 bits per heavy atom. The van der Waals surface area contributed by atoms with Gasteiger partial charge < -0.3 is 14.8 Å². The van der Waals surface area contributed by atoms with Crippen molar-refractivity contribution in [2.45, 2.75) is 25.2 Å². The fraction of sp³-hybridized carbons (Fsp3) is 1.00. The van der Waals surface area contributed by atoms with Gasteiger partial charge in [-0.25, -0.2) is 0 Å². The number of nitrogens with zero attached hydrogens (tertiary/aromatic N) is 1. The Kier molecular flexibility index (Phi) is 3.97. The van der Waals surface area contributed by atoms with Crippen LogP contribution in [-0.4, -0.2) is 57.6 Å². The van der Waals surface area contributed by atoms with Crippen molar-refractivity contribution < 1.29 is 9.47 Å². The zero-order chi connectivity index (χ0) is 10.7. The zero-order valence-electron chi connectivity index (χ0n) is 9.74. The van der Waals surface area contributed by atoms with Gasteiger partial charge in [0.25, 0.3) is 0 Å². The molecule has 88 valence electrons. The first-order valence-electron chi connectivity index (χ1n) is 5.85. The van der Waals surface area contributed by atoms with Crippen molar-refractivity contribution in [1.29, 1.82) is 0 Å². The Morgan fingerprint density at radius 2 is 2.13 bits per heavy atom. The van der Waals surface area contributed by atoms with Crippen molar-refractivity contribution in [3.63, 3.8) is 0 Å². The molecule has 0 amide bonds. The first kappa shape index (κ1) is 11.3. The fourth-order valence-corrected chi connectivity index (χ4v) is 2.83. The molecule has 0 aromatic carbocycles. The SMILES string of the molecule is COC(CN1CCCC2CNCC21)OC. The normalized spacial score (nSPS) is 32.2. The van der Waals surface area contributed by atoms with Gasteiger partial charge in [-0.2, -0.15) is 0 Å². The number of likely N-dealkylation sites (tertiary alicyclic amines) is 1. The van der Waals surface area contributed by atoms with Gasteiger partial charge in [0.05, 0.1) is 0 Å². The smallest absolute Gasteiger partial charge is 0.169 e. The van der Waals surface area contributed by atoms with Crippen LogP contribution < -0.4 is 5.32 Å². The van der Waals surface area contributed by atoms with E-state index in [-0.39, 0.29) is 6.29 Å². The maximum absolute atomic E-state index is 5.27. The first-order valence-corrected chi connectivity index (χ1v) is 5.85. The van der Waals surface area contributed by atoms with Crippen molar-refractivity contribution in [1.82, 2.24) is 10.2 Å². The molecule has 2 rings (SSSR count). The summed E-state index contributed by atoms with van der Waals surface area (Å²) in [5.74, 6) is 0.841. The summed E-state index contributed by atoms with van der Waals surface area (Å²) in [7, 11) is 3.42. The van der Waals surface area contributed by atoms with Gasteiger partial charge in [-0.1, -0.05) is 0 Å². The molecule has 15 heavy (non-hydrogen) atoms. The van der Waals surface area contributed by atoms with Crippen molar-refractivity contribution in [2.75, 3.05) is 40.4 Å². The van der Waals surface area contributed by atoms with E-state index in [1.807, 2.05) is 0 Å². The Morgan fingerprint density at radius 1 is 1.33 bits per heavy atom. The van der Waals surface area contributed by atoms with Gasteiger partial charge >= 0.3 is 0 Å². The van der Waals surface area contributed by atoms with E-state index in [0.29, 0.717) is 6.04 Å². The number of nitrogens with one attached hydrogen (secondary N) is 1. The number of fused-ring (bicyclic) bond motifs is 1. The molecule has 2 aliphatic heterocycles. The molecule has 4 nitrogen and oxygen atoms in total. The van der Waals surface area contributed by atoms with Crippen LogP contribution in [0.3, 0.4) is 0 Å². The Labute approximate surface area is 91.9 Å². The molecule has 0 bridgehead atoms. The van der Waals surface area contributed by atoms with E-state index in [0.717, 1.165) is 19.0 Å². The van der Waals surface area contributed by atoms with E-state index in [4.69, 9.17) is 9.47 Å². The van der Waals surface area contributed by atoms with Gasteiger partial charge in [-0.05, 0) is 31.8 Å². The molecule has 2 heterocycles. The standard InChI is InChI=1S/C11H22N2O2/c1-14-11(15-2)8-13-5-3-4-9-6-12-7-10(9)13/h9-12H,3-8H2,1-2H3. The summed E-state index contributed by atoms with van der Waals surface area (Å²) in [5.41, 5.74) is 0. The summed E-state index contributed by atoms with van der Waals surface area (Å²) in [4.78, 5) is 2.52. The molecular weight excluding hydrogens is 192 g/mol. The van der Waals surface area contributed by atoms with Crippen LogP contribution in [0.2, 0.25) is 0 Å². The molecule has 2 atom stereocenters. The minimum atomic E-state index is -0.0793. The highest BCUT2D eigenvalue weighted by atomic mass is 16.7. The van der Waals surface area contributed by atoms with E-state index in [9.17, 15) is 0 Å². The molecule has 1 N–H and O–H groups in total. The average Bonchev–Trinajstić information content (AvgIpc) is 2.74.